The molecule has 0 aliphatic carbocycles. The van der Waals surface area contributed by atoms with E-state index in [9.17, 15) is 26.3 Å². The lowest BCUT2D eigenvalue weighted by atomic mass is 10.1. The molecule has 0 saturated heterocycles. The second-order valence-electron chi connectivity index (χ2n) is 4.53. The highest BCUT2D eigenvalue weighted by Crippen LogP contribution is 2.34. The SMILES string of the molecule is FC(=S=C(F)C(F)(F)c1ccccc1)C(F)(F)c1ccccc1. The van der Waals surface area contributed by atoms with Crippen LogP contribution in [0.4, 0.5) is 26.3 Å². The van der Waals surface area contributed by atoms with Gasteiger partial charge in [-0.05, 0) is 0 Å². The lowest BCUT2D eigenvalue weighted by Crippen LogP contribution is -2.24. The van der Waals surface area contributed by atoms with Crippen LogP contribution in [0.25, 0.3) is 0 Å². The molecule has 0 unspecified atom stereocenters. The molecular weight excluding hydrogens is 338 g/mol. The Morgan fingerprint density at radius 2 is 0.913 bits per heavy atom. The molecule has 0 bridgehead atoms. The largest absolute Gasteiger partial charge is 0.333 e. The molecule has 0 aliphatic rings. The molecule has 0 saturated carbocycles. The monoisotopic (exact) mass is 348 g/mol. The number of rotatable bonds is 4. The zero-order valence-corrected chi connectivity index (χ0v) is 12.3. The maximum absolute atomic E-state index is 13.8. The number of halogens is 6. The summed E-state index contributed by atoms with van der Waals surface area (Å²) < 4.78 is 82.8. The average molecular weight is 348 g/mol. The van der Waals surface area contributed by atoms with Gasteiger partial charge in [0.25, 0.3) is 0 Å². The minimum atomic E-state index is -4.18. The fourth-order valence-corrected chi connectivity index (χ4v) is 2.38. The lowest BCUT2D eigenvalue weighted by molar-refractivity contribution is 0.0669. The lowest BCUT2D eigenvalue weighted by Gasteiger charge is -2.15. The van der Waals surface area contributed by atoms with Crippen LogP contribution in [0.3, 0.4) is 0 Å². The third-order valence-electron chi connectivity index (χ3n) is 2.95. The number of hydrogen-bond acceptors (Lipinski definition) is 0. The highest BCUT2D eigenvalue weighted by atomic mass is 32.1. The van der Waals surface area contributed by atoms with Crippen LogP contribution < -0.4 is 0 Å². The molecule has 0 heterocycles. The van der Waals surface area contributed by atoms with Crippen molar-refractivity contribution >= 4 is 21.2 Å². The van der Waals surface area contributed by atoms with Crippen LogP contribution >= 0.6 is 10.9 Å². The molecule has 2 aromatic carbocycles. The van der Waals surface area contributed by atoms with Gasteiger partial charge in [-0.3, -0.25) is 0 Å². The van der Waals surface area contributed by atoms with Gasteiger partial charge in [-0.15, -0.1) is 0 Å². The van der Waals surface area contributed by atoms with Crippen molar-refractivity contribution in [2.75, 3.05) is 0 Å². The predicted octanol–water partition coefficient (Wildman–Crippen LogP) is 5.50. The Morgan fingerprint density at radius 1 is 0.609 bits per heavy atom. The maximum Gasteiger partial charge on any atom is 0.333 e. The second kappa shape index (κ2) is 6.62. The minimum absolute atomic E-state index is 0.749. The molecule has 0 spiro atoms. The van der Waals surface area contributed by atoms with Crippen molar-refractivity contribution in [2.24, 2.45) is 0 Å². The van der Waals surface area contributed by atoms with Crippen LogP contribution in [0.1, 0.15) is 11.1 Å². The van der Waals surface area contributed by atoms with Crippen molar-refractivity contribution in [3.63, 3.8) is 0 Å². The van der Waals surface area contributed by atoms with Crippen LogP contribution in [-0.4, -0.2) is 10.2 Å². The van der Waals surface area contributed by atoms with E-state index in [1.807, 2.05) is 0 Å². The minimum Gasteiger partial charge on any atom is -0.193 e. The van der Waals surface area contributed by atoms with Crippen LogP contribution in [0.2, 0.25) is 0 Å². The van der Waals surface area contributed by atoms with Gasteiger partial charge >= 0.3 is 11.8 Å². The first-order chi connectivity index (χ1) is 10.8. The third kappa shape index (κ3) is 3.67. The van der Waals surface area contributed by atoms with Gasteiger partial charge < -0.3 is 0 Å². The number of alkyl halides is 4. The smallest absolute Gasteiger partial charge is 0.193 e. The van der Waals surface area contributed by atoms with E-state index in [1.54, 1.807) is 0 Å². The normalized spacial score (nSPS) is 11.9. The zero-order chi connectivity index (χ0) is 17.1. The summed E-state index contributed by atoms with van der Waals surface area (Å²) in [5.41, 5.74) is -1.50. The Labute approximate surface area is 131 Å². The summed E-state index contributed by atoms with van der Waals surface area (Å²) in [6.45, 7) is 0. The van der Waals surface area contributed by atoms with Gasteiger partial charge in [0.05, 0.1) is 0 Å². The molecule has 7 heteroatoms. The Morgan fingerprint density at radius 3 is 1.22 bits per heavy atom. The Hall–Kier alpha value is -2.02. The first-order valence-electron chi connectivity index (χ1n) is 6.36. The molecule has 122 valence electrons. The predicted molar refractivity (Wildman–Crippen MR) is 80.5 cm³/mol. The van der Waals surface area contributed by atoms with Gasteiger partial charge in [0.1, 0.15) is 0 Å². The molecular formula is C16H10F6S. The van der Waals surface area contributed by atoms with Crippen molar-refractivity contribution in [3.8, 4) is 0 Å². The van der Waals surface area contributed by atoms with Crippen LogP contribution in [0.5, 0.6) is 0 Å². The van der Waals surface area contributed by atoms with E-state index in [4.69, 9.17) is 0 Å². The quantitative estimate of drug-likeness (QED) is 0.389. The molecule has 0 nitrogen and oxygen atoms in total. The van der Waals surface area contributed by atoms with Crippen LogP contribution in [0, 0.1) is 0 Å². The molecule has 0 atom stereocenters. The van der Waals surface area contributed by atoms with E-state index in [2.05, 4.69) is 0 Å². The Balaban J connectivity index is 2.47. The van der Waals surface area contributed by atoms with Gasteiger partial charge in [0, 0.05) is 11.1 Å². The first-order valence-corrected chi connectivity index (χ1v) is 7.18. The van der Waals surface area contributed by atoms with Crippen molar-refractivity contribution in [3.05, 3.63) is 71.8 Å². The summed E-state index contributed by atoms with van der Waals surface area (Å²) in [6, 6.07) is 11.5. The average Bonchev–Trinajstić information content (AvgIpc) is 2.56. The van der Waals surface area contributed by atoms with Gasteiger partial charge in [-0.25, -0.2) is 0 Å². The van der Waals surface area contributed by atoms with Crippen LogP contribution in [0.15, 0.2) is 60.7 Å². The van der Waals surface area contributed by atoms with E-state index in [0.29, 0.717) is 0 Å². The fraction of sp³-hybridized carbons (Fsp3) is 0.125. The highest BCUT2D eigenvalue weighted by molar-refractivity contribution is 7.97. The topological polar surface area (TPSA) is 0 Å². The molecule has 0 aromatic heterocycles. The van der Waals surface area contributed by atoms with Crippen LogP contribution in [-0.2, 0) is 11.8 Å². The van der Waals surface area contributed by atoms with E-state index >= 15 is 0 Å². The summed E-state index contributed by atoms with van der Waals surface area (Å²) in [7, 11) is -0.897. The van der Waals surface area contributed by atoms with Gasteiger partial charge in [0.2, 0.25) is 10.2 Å². The summed E-state index contributed by atoms with van der Waals surface area (Å²) >= 11 is 0. The maximum atomic E-state index is 13.8. The van der Waals surface area contributed by atoms with Crippen molar-refractivity contribution in [1.29, 1.82) is 0 Å². The number of hydrogen-bond donors (Lipinski definition) is 0. The molecule has 0 aliphatic heterocycles. The molecule has 2 aromatic rings. The van der Waals surface area contributed by atoms with Gasteiger partial charge in [-0.1, -0.05) is 71.6 Å². The highest BCUT2D eigenvalue weighted by Gasteiger charge is 2.41. The Kier molecular flexibility index (Phi) is 4.99. The van der Waals surface area contributed by atoms with Crippen molar-refractivity contribution in [1.82, 2.24) is 0 Å². The third-order valence-corrected chi connectivity index (χ3v) is 3.82. The van der Waals surface area contributed by atoms with E-state index in [1.165, 1.54) is 36.4 Å². The molecule has 2 rings (SSSR count). The van der Waals surface area contributed by atoms with Crippen molar-refractivity contribution in [2.45, 2.75) is 11.8 Å². The summed E-state index contributed by atoms with van der Waals surface area (Å²) in [4.78, 5) is 0. The van der Waals surface area contributed by atoms with Gasteiger partial charge in [-0.2, -0.15) is 26.3 Å². The molecule has 0 N–H and O–H groups in total. The number of benzene rings is 2. The summed E-state index contributed by atoms with van der Waals surface area (Å²) in [6.07, 6.45) is 0. The van der Waals surface area contributed by atoms with E-state index in [-0.39, 0.29) is 0 Å². The molecule has 0 amide bonds. The first kappa shape index (κ1) is 17.3. The summed E-state index contributed by atoms with van der Waals surface area (Å²) in [5.74, 6) is -8.37. The van der Waals surface area contributed by atoms with E-state index < -0.39 is 44.1 Å². The molecule has 0 radical (unpaired) electrons. The van der Waals surface area contributed by atoms with Gasteiger partial charge in [0.15, 0.2) is 0 Å². The van der Waals surface area contributed by atoms with Crippen molar-refractivity contribution < 1.29 is 26.3 Å². The summed E-state index contributed by atoms with van der Waals surface area (Å²) in [5, 5.41) is -4.51. The second-order valence-corrected chi connectivity index (χ2v) is 5.45. The fourth-order valence-electron chi connectivity index (χ4n) is 1.73. The standard InChI is InChI=1S/C16H10F6S/c17-13(15(19,20)11-7-3-1-4-8-11)23-14(18)16(21,22)12-9-5-2-6-10-12/h1-10H. The molecule has 0 fully saturated rings. The Bertz CT molecular complexity index is 672. The molecule has 23 heavy (non-hydrogen) atoms. The van der Waals surface area contributed by atoms with E-state index in [0.717, 1.165) is 24.3 Å². The zero-order valence-electron chi connectivity index (χ0n) is 11.4.